The van der Waals surface area contributed by atoms with E-state index in [-0.39, 0.29) is 6.42 Å². The number of aliphatic carboxylic acids is 1. The average Bonchev–Trinajstić information content (AvgIpc) is 2.20. The Labute approximate surface area is 102 Å². The third kappa shape index (κ3) is 11.9. The minimum atomic E-state index is -0.692. The SMILES string of the molecule is CCCCCCCCC(Br)CCC(=O)O. The molecule has 2 nitrogen and oxygen atoms in total. The Kier molecular flexibility index (Phi) is 10.4. The molecule has 0 heterocycles. The molecule has 90 valence electrons. The zero-order chi connectivity index (χ0) is 11.5. The summed E-state index contributed by atoms with van der Waals surface area (Å²) < 4.78 is 0. The van der Waals surface area contributed by atoms with E-state index in [2.05, 4.69) is 22.9 Å². The minimum absolute atomic E-state index is 0.283. The molecule has 0 saturated carbocycles. The molecule has 0 spiro atoms. The normalized spacial score (nSPS) is 12.7. The Morgan fingerprint density at radius 1 is 1.13 bits per heavy atom. The summed E-state index contributed by atoms with van der Waals surface area (Å²) in [5.41, 5.74) is 0. The molecule has 0 fully saturated rings. The highest BCUT2D eigenvalue weighted by molar-refractivity contribution is 9.09. The number of rotatable bonds is 10. The predicted molar refractivity (Wildman–Crippen MR) is 67.6 cm³/mol. The van der Waals surface area contributed by atoms with Crippen molar-refractivity contribution in [2.75, 3.05) is 0 Å². The maximum absolute atomic E-state index is 10.3. The quantitative estimate of drug-likeness (QED) is 0.476. The fraction of sp³-hybridized carbons (Fsp3) is 0.917. The first-order valence-corrected chi connectivity index (χ1v) is 6.94. The summed E-state index contributed by atoms with van der Waals surface area (Å²) in [7, 11) is 0. The van der Waals surface area contributed by atoms with Gasteiger partial charge in [0.1, 0.15) is 0 Å². The van der Waals surface area contributed by atoms with E-state index in [0.29, 0.717) is 4.83 Å². The van der Waals surface area contributed by atoms with Crippen molar-refractivity contribution in [3.63, 3.8) is 0 Å². The van der Waals surface area contributed by atoms with Gasteiger partial charge in [-0.3, -0.25) is 4.79 Å². The van der Waals surface area contributed by atoms with Gasteiger partial charge in [0.15, 0.2) is 0 Å². The Morgan fingerprint density at radius 3 is 2.33 bits per heavy atom. The largest absolute Gasteiger partial charge is 0.481 e. The molecule has 0 aliphatic carbocycles. The Morgan fingerprint density at radius 2 is 1.73 bits per heavy atom. The van der Waals surface area contributed by atoms with Crippen molar-refractivity contribution in [2.45, 2.75) is 69.5 Å². The molecule has 0 saturated heterocycles. The van der Waals surface area contributed by atoms with E-state index in [9.17, 15) is 4.79 Å². The van der Waals surface area contributed by atoms with Gasteiger partial charge in [-0.2, -0.15) is 0 Å². The van der Waals surface area contributed by atoms with Crippen LogP contribution in [-0.4, -0.2) is 15.9 Å². The van der Waals surface area contributed by atoms with E-state index < -0.39 is 5.97 Å². The van der Waals surface area contributed by atoms with Crippen molar-refractivity contribution >= 4 is 21.9 Å². The first-order valence-electron chi connectivity index (χ1n) is 6.02. The lowest BCUT2D eigenvalue weighted by atomic mass is 10.1. The van der Waals surface area contributed by atoms with Crippen LogP contribution < -0.4 is 0 Å². The van der Waals surface area contributed by atoms with Crippen molar-refractivity contribution in [3.05, 3.63) is 0 Å². The molecule has 0 aromatic rings. The average molecular weight is 279 g/mol. The maximum atomic E-state index is 10.3. The number of hydrogen-bond acceptors (Lipinski definition) is 1. The van der Waals surface area contributed by atoms with Gasteiger partial charge in [0.2, 0.25) is 0 Å². The van der Waals surface area contributed by atoms with Crippen LogP contribution in [0.3, 0.4) is 0 Å². The van der Waals surface area contributed by atoms with Gasteiger partial charge in [0.05, 0.1) is 0 Å². The zero-order valence-electron chi connectivity index (χ0n) is 9.67. The summed E-state index contributed by atoms with van der Waals surface area (Å²) in [6.07, 6.45) is 9.96. The lowest BCUT2D eigenvalue weighted by Crippen LogP contribution is -2.03. The lowest BCUT2D eigenvalue weighted by molar-refractivity contribution is -0.137. The van der Waals surface area contributed by atoms with Crippen LogP contribution in [0.5, 0.6) is 0 Å². The highest BCUT2D eigenvalue weighted by atomic mass is 79.9. The van der Waals surface area contributed by atoms with Gasteiger partial charge in [-0.05, 0) is 12.8 Å². The third-order valence-corrected chi connectivity index (χ3v) is 3.46. The van der Waals surface area contributed by atoms with Gasteiger partial charge in [-0.15, -0.1) is 0 Å². The molecule has 0 aliphatic rings. The number of carboxylic acids is 1. The lowest BCUT2D eigenvalue weighted by Gasteiger charge is -2.07. The number of halogens is 1. The van der Waals surface area contributed by atoms with Gasteiger partial charge >= 0.3 is 5.97 Å². The second-order valence-electron chi connectivity index (χ2n) is 4.09. The van der Waals surface area contributed by atoms with Crippen molar-refractivity contribution in [1.29, 1.82) is 0 Å². The minimum Gasteiger partial charge on any atom is -0.481 e. The molecular formula is C12H23BrO2. The van der Waals surface area contributed by atoms with Gasteiger partial charge in [-0.25, -0.2) is 0 Å². The number of carbonyl (C=O) groups is 1. The summed E-state index contributed by atoms with van der Waals surface area (Å²) in [4.78, 5) is 10.7. The second kappa shape index (κ2) is 10.5. The van der Waals surface area contributed by atoms with E-state index in [1.807, 2.05) is 0 Å². The smallest absolute Gasteiger partial charge is 0.303 e. The highest BCUT2D eigenvalue weighted by Gasteiger charge is 2.06. The standard InChI is InChI=1S/C12H23BrO2/c1-2-3-4-5-6-7-8-11(13)9-10-12(14)15/h11H,2-10H2,1H3,(H,14,15). The van der Waals surface area contributed by atoms with Crippen molar-refractivity contribution in [1.82, 2.24) is 0 Å². The first-order chi connectivity index (χ1) is 7.16. The summed E-state index contributed by atoms with van der Waals surface area (Å²) in [5, 5.41) is 8.51. The highest BCUT2D eigenvalue weighted by Crippen LogP contribution is 2.17. The van der Waals surface area contributed by atoms with Crippen LogP contribution in [-0.2, 0) is 4.79 Å². The van der Waals surface area contributed by atoms with E-state index in [1.165, 1.54) is 38.5 Å². The molecule has 0 aromatic carbocycles. The molecule has 0 aromatic heterocycles. The molecule has 0 radical (unpaired) electrons. The van der Waals surface area contributed by atoms with E-state index >= 15 is 0 Å². The van der Waals surface area contributed by atoms with E-state index in [4.69, 9.17) is 5.11 Å². The second-order valence-corrected chi connectivity index (χ2v) is 5.38. The molecule has 1 atom stereocenters. The van der Waals surface area contributed by atoms with E-state index in [1.54, 1.807) is 0 Å². The molecule has 3 heteroatoms. The molecule has 0 bridgehead atoms. The van der Waals surface area contributed by atoms with Crippen LogP contribution in [0.1, 0.15) is 64.7 Å². The molecule has 0 amide bonds. The monoisotopic (exact) mass is 278 g/mol. The Balaban J connectivity index is 3.16. The van der Waals surface area contributed by atoms with Crippen LogP contribution in [0.25, 0.3) is 0 Å². The summed E-state index contributed by atoms with van der Waals surface area (Å²) >= 11 is 3.53. The van der Waals surface area contributed by atoms with Gasteiger partial charge < -0.3 is 5.11 Å². The van der Waals surface area contributed by atoms with Gasteiger partial charge in [-0.1, -0.05) is 61.4 Å². The first kappa shape index (κ1) is 14.9. The fourth-order valence-electron chi connectivity index (χ4n) is 1.57. The predicted octanol–water partition coefficient (Wildman–Crippen LogP) is 4.37. The van der Waals surface area contributed by atoms with Crippen molar-refractivity contribution < 1.29 is 9.90 Å². The van der Waals surface area contributed by atoms with Gasteiger partial charge in [0, 0.05) is 11.2 Å². The van der Waals surface area contributed by atoms with E-state index in [0.717, 1.165) is 12.8 Å². The summed E-state index contributed by atoms with van der Waals surface area (Å²) in [6.45, 7) is 2.22. The number of carboxylic acid groups (broad SMARTS) is 1. The molecule has 0 aliphatic heterocycles. The van der Waals surface area contributed by atoms with Crippen LogP contribution in [0.4, 0.5) is 0 Å². The number of alkyl halides is 1. The van der Waals surface area contributed by atoms with Crippen LogP contribution in [0.2, 0.25) is 0 Å². The number of hydrogen-bond donors (Lipinski definition) is 1. The van der Waals surface area contributed by atoms with Gasteiger partial charge in [0.25, 0.3) is 0 Å². The third-order valence-electron chi connectivity index (χ3n) is 2.54. The fourth-order valence-corrected chi connectivity index (χ4v) is 2.12. The topological polar surface area (TPSA) is 37.3 Å². The zero-order valence-corrected chi connectivity index (χ0v) is 11.3. The molecule has 15 heavy (non-hydrogen) atoms. The van der Waals surface area contributed by atoms with Crippen molar-refractivity contribution in [3.8, 4) is 0 Å². The van der Waals surface area contributed by atoms with Crippen LogP contribution in [0.15, 0.2) is 0 Å². The molecule has 1 unspecified atom stereocenters. The summed E-state index contributed by atoms with van der Waals surface area (Å²) in [6, 6.07) is 0. The molecule has 0 rings (SSSR count). The summed E-state index contributed by atoms with van der Waals surface area (Å²) in [5.74, 6) is -0.692. The molecular weight excluding hydrogens is 256 g/mol. The Hall–Kier alpha value is -0.0500. The van der Waals surface area contributed by atoms with Crippen molar-refractivity contribution in [2.24, 2.45) is 0 Å². The van der Waals surface area contributed by atoms with Crippen LogP contribution >= 0.6 is 15.9 Å². The maximum Gasteiger partial charge on any atom is 0.303 e. The van der Waals surface area contributed by atoms with Crippen LogP contribution in [0, 0.1) is 0 Å². The number of unbranched alkanes of at least 4 members (excludes halogenated alkanes) is 5. The molecule has 1 N–H and O–H groups in total. The Bertz CT molecular complexity index is 160.